The minimum absolute atomic E-state index is 0.0978. The van der Waals surface area contributed by atoms with Crippen molar-refractivity contribution in [3.05, 3.63) is 41.2 Å². The molecule has 0 spiro atoms. The monoisotopic (exact) mass is 353 g/mol. The number of hydrogen-bond donors (Lipinski definition) is 1. The van der Waals surface area contributed by atoms with Crippen LogP contribution in [-0.4, -0.2) is 28.9 Å². The fourth-order valence-corrected chi connectivity index (χ4v) is 2.41. The van der Waals surface area contributed by atoms with Crippen molar-refractivity contribution in [1.82, 2.24) is 15.1 Å². The average Bonchev–Trinajstić information content (AvgIpc) is 2.88. The smallest absolute Gasteiger partial charge is 0.387 e. The molecule has 0 aliphatic heterocycles. The molecular weight excluding hydrogens is 332 g/mol. The van der Waals surface area contributed by atoms with Crippen LogP contribution in [0, 0.1) is 6.92 Å². The van der Waals surface area contributed by atoms with Crippen LogP contribution in [0.25, 0.3) is 0 Å². The van der Waals surface area contributed by atoms with Crippen molar-refractivity contribution in [2.24, 2.45) is 7.05 Å². The summed E-state index contributed by atoms with van der Waals surface area (Å²) in [4.78, 5) is 12.5. The molecule has 1 atom stereocenters. The van der Waals surface area contributed by atoms with Gasteiger partial charge in [-0.25, -0.2) is 0 Å². The predicted octanol–water partition coefficient (Wildman–Crippen LogP) is 3.22. The first kappa shape index (κ1) is 18.7. The van der Waals surface area contributed by atoms with Gasteiger partial charge in [0.05, 0.1) is 18.8 Å². The van der Waals surface area contributed by atoms with Gasteiger partial charge >= 0.3 is 6.61 Å². The highest BCUT2D eigenvalue weighted by Gasteiger charge is 2.18. The molecule has 0 bridgehead atoms. The number of carbonyl (C=O) groups is 1. The second-order valence-electron chi connectivity index (χ2n) is 5.48. The van der Waals surface area contributed by atoms with Crippen molar-refractivity contribution in [1.29, 1.82) is 0 Å². The normalized spacial score (nSPS) is 12.1. The van der Waals surface area contributed by atoms with Crippen LogP contribution in [-0.2, 0) is 7.05 Å². The van der Waals surface area contributed by atoms with E-state index >= 15 is 0 Å². The first-order chi connectivity index (χ1) is 11.8. The number of hydrogen-bond acceptors (Lipinski definition) is 4. The third-order valence-electron chi connectivity index (χ3n) is 3.81. The quantitative estimate of drug-likeness (QED) is 0.830. The van der Waals surface area contributed by atoms with E-state index in [1.807, 2.05) is 20.9 Å². The van der Waals surface area contributed by atoms with E-state index in [4.69, 9.17) is 4.74 Å². The molecule has 1 amide bonds. The van der Waals surface area contributed by atoms with Crippen LogP contribution in [0.2, 0.25) is 0 Å². The standard InChI is InChI=1S/C17H21F2N3O3/c1-5-24-15-8-12(6-7-14(15)25-17(18)19)16(23)21-10(2)13-9-20-22(4)11(13)3/h6-10,17H,5H2,1-4H3,(H,21,23). The van der Waals surface area contributed by atoms with Crippen LogP contribution in [0.4, 0.5) is 8.78 Å². The molecule has 136 valence electrons. The molecule has 1 heterocycles. The van der Waals surface area contributed by atoms with Crippen molar-refractivity contribution >= 4 is 5.91 Å². The van der Waals surface area contributed by atoms with Crippen molar-refractivity contribution < 1.29 is 23.0 Å². The van der Waals surface area contributed by atoms with Crippen LogP contribution in [0.15, 0.2) is 24.4 Å². The second kappa shape index (κ2) is 7.96. The lowest BCUT2D eigenvalue weighted by Crippen LogP contribution is -2.27. The molecule has 1 N–H and O–H groups in total. The van der Waals surface area contributed by atoms with Crippen LogP contribution in [0.3, 0.4) is 0 Å². The molecule has 8 heteroatoms. The lowest BCUT2D eigenvalue weighted by Gasteiger charge is -2.16. The maximum absolute atomic E-state index is 12.5. The summed E-state index contributed by atoms with van der Waals surface area (Å²) in [5, 5.41) is 7.01. The number of carbonyl (C=O) groups excluding carboxylic acids is 1. The topological polar surface area (TPSA) is 65.4 Å². The van der Waals surface area contributed by atoms with Gasteiger partial charge in [-0.1, -0.05) is 0 Å². The van der Waals surface area contributed by atoms with Gasteiger partial charge in [0.1, 0.15) is 0 Å². The van der Waals surface area contributed by atoms with E-state index in [0.29, 0.717) is 5.56 Å². The van der Waals surface area contributed by atoms with Gasteiger partial charge in [-0.05, 0) is 39.0 Å². The molecular formula is C17H21F2N3O3. The van der Waals surface area contributed by atoms with E-state index in [1.165, 1.54) is 18.2 Å². The second-order valence-corrected chi connectivity index (χ2v) is 5.48. The van der Waals surface area contributed by atoms with Gasteiger partial charge in [-0.3, -0.25) is 9.48 Å². The molecule has 0 radical (unpaired) electrons. The summed E-state index contributed by atoms with van der Waals surface area (Å²) < 4.78 is 36.3. The highest BCUT2D eigenvalue weighted by atomic mass is 19.3. The van der Waals surface area contributed by atoms with E-state index in [-0.39, 0.29) is 30.1 Å². The zero-order chi connectivity index (χ0) is 18.6. The third kappa shape index (κ3) is 4.46. The van der Waals surface area contributed by atoms with Gasteiger partial charge < -0.3 is 14.8 Å². The van der Waals surface area contributed by atoms with Gasteiger partial charge in [0, 0.05) is 23.9 Å². The lowest BCUT2D eigenvalue weighted by atomic mass is 10.1. The van der Waals surface area contributed by atoms with Crippen LogP contribution < -0.4 is 14.8 Å². The Balaban J connectivity index is 2.18. The number of aromatic nitrogens is 2. The summed E-state index contributed by atoms with van der Waals surface area (Å²) in [6, 6.07) is 3.85. The average molecular weight is 353 g/mol. The molecule has 25 heavy (non-hydrogen) atoms. The number of ether oxygens (including phenoxy) is 2. The van der Waals surface area contributed by atoms with Gasteiger partial charge in [0.2, 0.25) is 0 Å². The molecule has 0 saturated heterocycles. The SMILES string of the molecule is CCOc1cc(C(=O)NC(C)c2cnn(C)c2C)ccc1OC(F)F. The number of alkyl halides is 2. The Bertz CT molecular complexity index is 747. The number of amides is 1. The Labute approximate surface area is 144 Å². The van der Waals surface area contributed by atoms with Gasteiger partial charge in [-0.2, -0.15) is 13.9 Å². The van der Waals surface area contributed by atoms with Crippen molar-refractivity contribution in [2.75, 3.05) is 6.61 Å². The first-order valence-electron chi connectivity index (χ1n) is 7.84. The molecule has 0 aliphatic rings. The summed E-state index contributed by atoms with van der Waals surface area (Å²) in [7, 11) is 1.82. The summed E-state index contributed by atoms with van der Waals surface area (Å²) in [6.45, 7) is 2.77. The van der Waals surface area contributed by atoms with Crippen LogP contribution in [0.5, 0.6) is 11.5 Å². The fraction of sp³-hybridized carbons (Fsp3) is 0.412. The largest absolute Gasteiger partial charge is 0.490 e. The van der Waals surface area contributed by atoms with Crippen molar-refractivity contribution in [2.45, 2.75) is 33.4 Å². The van der Waals surface area contributed by atoms with E-state index in [9.17, 15) is 13.6 Å². The molecule has 1 unspecified atom stereocenters. The number of nitrogens with one attached hydrogen (secondary N) is 1. The molecule has 1 aromatic carbocycles. The fourth-order valence-electron chi connectivity index (χ4n) is 2.41. The number of aryl methyl sites for hydroxylation is 1. The molecule has 2 rings (SSSR count). The zero-order valence-corrected chi connectivity index (χ0v) is 14.5. The van der Waals surface area contributed by atoms with E-state index in [0.717, 1.165) is 11.3 Å². The molecule has 1 aromatic heterocycles. The highest BCUT2D eigenvalue weighted by molar-refractivity contribution is 5.95. The molecule has 0 fully saturated rings. The first-order valence-corrected chi connectivity index (χ1v) is 7.84. The van der Waals surface area contributed by atoms with Crippen molar-refractivity contribution in [3.8, 4) is 11.5 Å². The highest BCUT2D eigenvalue weighted by Crippen LogP contribution is 2.30. The predicted molar refractivity (Wildman–Crippen MR) is 88.1 cm³/mol. The summed E-state index contributed by atoms with van der Waals surface area (Å²) in [5.41, 5.74) is 2.14. The number of nitrogens with zero attached hydrogens (tertiary/aromatic N) is 2. The third-order valence-corrected chi connectivity index (χ3v) is 3.81. The Morgan fingerprint density at radius 3 is 2.64 bits per heavy atom. The van der Waals surface area contributed by atoms with Gasteiger partial charge in [-0.15, -0.1) is 0 Å². The number of halogens is 2. The molecule has 6 nitrogen and oxygen atoms in total. The molecule has 0 aliphatic carbocycles. The van der Waals surface area contributed by atoms with Crippen LogP contribution in [0.1, 0.15) is 41.5 Å². The zero-order valence-electron chi connectivity index (χ0n) is 14.5. The van der Waals surface area contributed by atoms with E-state index in [1.54, 1.807) is 17.8 Å². The molecule has 0 saturated carbocycles. The summed E-state index contributed by atoms with van der Waals surface area (Å²) >= 11 is 0. The van der Waals surface area contributed by atoms with E-state index in [2.05, 4.69) is 15.2 Å². The summed E-state index contributed by atoms with van der Waals surface area (Å²) in [6.07, 6.45) is 1.70. The Morgan fingerprint density at radius 1 is 1.36 bits per heavy atom. The Morgan fingerprint density at radius 2 is 2.08 bits per heavy atom. The Kier molecular flexibility index (Phi) is 5.95. The number of benzene rings is 1. The minimum Gasteiger partial charge on any atom is -0.490 e. The van der Waals surface area contributed by atoms with E-state index < -0.39 is 6.61 Å². The van der Waals surface area contributed by atoms with Crippen LogP contribution >= 0.6 is 0 Å². The lowest BCUT2D eigenvalue weighted by molar-refractivity contribution is -0.0514. The van der Waals surface area contributed by atoms with Gasteiger partial charge in [0.25, 0.3) is 5.91 Å². The Hall–Kier alpha value is -2.64. The maximum atomic E-state index is 12.5. The van der Waals surface area contributed by atoms with Gasteiger partial charge in [0.15, 0.2) is 11.5 Å². The summed E-state index contributed by atoms with van der Waals surface area (Å²) in [5.74, 6) is -0.356. The minimum atomic E-state index is -2.97. The number of rotatable bonds is 7. The molecule has 2 aromatic rings. The van der Waals surface area contributed by atoms with Crippen molar-refractivity contribution in [3.63, 3.8) is 0 Å². The maximum Gasteiger partial charge on any atom is 0.387 e.